The molecule has 0 heteroatoms. The lowest BCUT2D eigenvalue weighted by atomic mass is 10.1. The Morgan fingerprint density at radius 1 is 0.529 bits per heavy atom. The van der Waals surface area contributed by atoms with E-state index < -0.39 is 0 Å². The Balaban J connectivity index is 0. The minimum Gasteiger partial charge on any atom is -0.0885 e. The van der Waals surface area contributed by atoms with Crippen LogP contribution in [-0.4, -0.2) is 0 Å². The Morgan fingerprint density at radius 2 is 0.882 bits per heavy atom. The summed E-state index contributed by atoms with van der Waals surface area (Å²) in [6.07, 6.45) is 20.0. The van der Waals surface area contributed by atoms with Gasteiger partial charge in [0.25, 0.3) is 0 Å². The highest BCUT2D eigenvalue weighted by molar-refractivity contribution is 4.81. The van der Waals surface area contributed by atoms with Crippen molar-refractivity contribution in [2.24, 2.45) is 0 Å². The molecule has 0 aromatic rings. The predicted octanol–water partition coefficient (Wildman–Crippen LogP) is 6.90. The SMILES string of the molecule is CC.CCCCCC/C=C\CCCCCCC. The molecule has 0 radical (unpaired) electrons. The largest absolute Gasteiger partial charge is 0.0885 e. The molecule has 17 heavy (non-hydrogen) atoms. The summed E-state index contributed by atoms with van der Waals surface area (Å²) in [5, 5.41) is 0. The highest BCUT2D eigenvalue weighted by atomic mass is 13.9. The third kappa shape index (κ3) is 21.6. The van der Waals surface area contributed by atoms with Crippen LogP contribution in [0.4, 0.5) is 0 Å². The fourth-order valence-electron chi connectivity index (χ4n) is 1.79. The molecule has 104 valence electrons. The van der Waals surface area contributed by atoms with Gasteiger partial charge in [-0.1, -0.05) is 84.8 Å². The van der Waals surface area contributed by atoms with Crippen LogP contribution >= 0.6 is 0 Å². The number of rotatable bonds is 11. The third-order valence-electron chi connectivity index (χ3n) is 2.87. The Kier molecular flexibility index (Phi) is 23.7. The Labute approximate surface area is 111 Å². The second kappa shape index (κ2) is 21.1. The number of unbranched alkanes of at least 4 members (excludes halogenated alkanes) is 9. The van der Waals surface area contributed by atoms with E-state index in [-0.39, 0.29) is 0 Å². The highest BCUT2D eigenvalue weighted by Gasteiger charge is 1.87. The zero-order valence-corrected chi connectivity index (χ0v) is 12.9. The maximum absolute atomic E-state index is 2.39. The first-order valence-corrected chi connectivity index (χ1v) is 8.06. The van der Waals surface area contributed by atoms with Crippen LogP contribution in [0.3, 0.4) is 0 Å². The number of hydrogen-bond acceptors (Lipinski definition) is 0. The molecule has 0 amide bonds. The van der Waals surface area contributed by atoms with Crippen molar-refractivity contribution < 1.29 is 0 Å². The minimum atomic E-state index is 1.30. The second-order valence-electron chi connectivity index (χ2n) is 4.52. The maximum Gasteiger partial charge on any atom is -0.0351 e. The summed E-state index contributed by atoms with van der Waals surface area (Å²) in [4.78, 5) is 0. The van der Waals surface area contributed by atoms with Crippen molar-refractivity contribution in [3.05, 3.63) is 12.2 Å². The number of hydrogen-bond donors (Lipinski definition) is 0. The molecular formula is C17H36. The fourth-order valence-corrected chi connectivity index (χ4v) is 1.79. The first-order valence-electron chi connectivity index (χ1n) is 8.06. The summed E-state index contributed by atoms with van der Waals surface area (Å²) >= 11 is 0. The molecule has 0 aliphatic heterocycles. The molecule has 0 heterocycles. The summed E-state index contributed by atoms with van der Waals surface area (Å²) < 4.78 is 0. The van der Waals surface area contributed by atoms with E-state index in [0.29, 0.717) is 0 Å². The first kappa shape index (κ1) is 19.1. The van der Waals surface area contributed by atoms with Crippen LogP contribution in [0, 0.1) is 0 Å². The van der Waals surface area contributed by atoms with Crippen molar-refractivity contribution in [2.45, 2.75) is 98.3 Å². The number of allylic oxidation sites excluding steroid dienone is 2. The molecule has 0 unspecified atom stereocenters. The minimum absolute atomic E-state index is 1.30. The zero-order chi connectivity index (χ0) is 13.2. The zero-order valence-electron chi connectivity index (χ0n) is 12.9. The standard InChI is InChI=1S/C15H30.C2H6/c1-3-5-7-9-11-13-15-14-12-10-8-6-4-2;1-2/h13,15H,3-12,14H2,1-2H3;1-2H3/b15-13-;. The van der Waals surface area contributed by atoms with Crippen molar-refractivity contribution in [3.8, 4) is 0 Å². The molecule has 0 spiro atoms. The van der Waals surface area contributed by atoms with Crippen LogP contribution in [0.2, 0.25) is 0 Å². The van der Waals surface area contributed by atoms with Crippen molar-refractivity contribution in [2.75, 3.05) is 0 Å². The van der Waals surface area contributed by atoms with Gasteiger partial charge < -0.3 is 0 Å². The van der Waals surface area contributed by atoms with E-state index in [9.17, 15) is 0 Å². The highest BCUT2D eigenvalue weighted by Crippen LogP contribution is 2.07. The summed E-state index contributed by atoms with van der Waals surface area (Å²) in [5.74, 6) is 0. The average Bonchev–Trinajstić information content (AvgIpc) is 2.38. The molecule has 0 saturated heterocycles. The summed E-state index contributed by atoms with van der Waals surface area (Å²) in [6.45, 7) is 8.54. The van der Waals surface area contributed by atoms with E-state index in [1.807, 2.05) is 13.8 Å². The molecule has 0 bridgehead atoms. The smallest absolute Gasteiger partial charge is 0.0351 e. The van der Waals surface area contributed by atoms with Gasteiger partial charge in [-0.2, -0.15) is 0 Å². The van der Waals surface area contributed by atoms with Crippen molar-refractivity contribution in [1.82, 2.24) is 0 Å². The molecule has 0 aliphatic carbocycles. The molecular weight excluding hydrogens is 204 g/mol. The van der Waals surface area contributed by atoms with Gasteiger partial charge >= 0.3 is 0 Å². The van der Waals surface area contributed by atoms with Crippen molar-refractivity contribution in [1.29, 1.82) is 0 Å². The molecule has 0 saturated carbocycles. The molecule has 0 aromatic carbocycles. The van der Waals surface area contributed by atoms with Gasteiger partial charge in [0.1, 0.15) is 0 Å². The first-order chi connectivity index (χ1) is 8.41. The van der Waals surface area contributed by atoms with Gasteiger partial charge in [-0.3, -0.25) is 0 Å². The van der Waals surface area contributed by atoms with Crippen molar-refractivity contribution in [3.63, 3.8) is 0 Å². The summed E-state index contributed by atoms with van der Waals surface area (Å²) in [6, 6.07) is 0. The van der Waals surface area contributed by atoms with Crippen molar-refractivity contribution >= 4 is 0 Å². The van der Waals surface area contributed by atoms with Gasteiger partial charge in [0.2, 0.25) is 0 Å². The van der Waals surface area contributed by atoms with Gasteiger partial charge in [0.05, 0.1) is 0 Å². The topological polar surface area (TPSA) is 0 Å². The lowest BCUT2D eigenvalue weighted by molar-refractivity contribution is 0.636. The van der Waals surface area contributed by atoms with Crippen LogP contribution < -0.4 is 0 Å². The average molecular weight is 240 g/mol. The quantitative estimate of drug-likeness (QED) is 0.272. The fraction of sp³-hybridized carbons (Fsp3) is 0.882. The molecule has 0 aromatic heterocycles. The molecule has 0 fully saturated rings. The monoisotopic (exact) mass is 240 g/mol. The van der Waals surface area contributed by atoms with Gasteiger partial charge in [0.15, 0.2) is 0 Å². The Hall–Kier alpha value is -0.260. The summed E-state index contributed by atoms with van der Waals surface area (Å²) in [5.41, 5.74) is 0. The van der Waals surface area contributed by atoms with Crippen LogP contribution in [0.15, 0.2) is 12.2 Å². The van der Waals surface area contributed by atoms with Crippen LogP contribution in [0.25, 0.3) is 0 Å². The molecule has 0 nitrogen and oxygen atoms in total. The van der Waals surface area contributed by atoms with Crippen LogP contribution in [0.1, 0.15) is 98.3 Å². The maximum atomic E-state index is 2.39. The molecule has 0 rings (SSSR count). The van der Waals surface area contributed by atoms with E-state index in [4.69, 9.17) is 0 Å². The van der Waals surface area contributed by atoms with E-state index in [0.717, 1.165) is 0 Å². The van der Waals surface area contributed by atoms with Crippen LogP contribution in [0.5, 0.6) is 0 Å². The Morgan fingerprint density at radius 3 is 1.29 bits per heavy atom. The predicted molar refractivity (Wildman–Crippen MR) is 82.6 cm³/mol. The van der Waals surface area contributed by atoms with E-state index in [2.05, 4.69) is 26.0 Å². The van der Waals surface area contributed by atoms with Gasteiger partial charge in [0, 0.05) is 0 Å². The molecule has 0 atom stereocenters. The van der Waals surface area contributed by atoms with Gasteiger partial charge in [-0.25, -0.2) is 0 Å². The molecule has 0 aliphatic rings. The lowest BCUT2D eigenvalue weighted by Crippen LogP contribution is -1.76. The van der Waals surface area contributed by atoms with E-state index in [1.54, 1.807) is 0 Å². The van der Waals surface area contributed by atoms with Crippen LogP contribution in [-0.2, 0) is 0 Å². The third-order valence-corrected chi connectivity index (χ3v) is 2.87. The molecule has 0 N–H and O–H groups in total. The van der Waals surface area contributed by atoms with Gasteiger partial charge in [-0.05, 0) is 25.7 Å². The van der Waals surface area contributed by atoms with Gasteiger partial charge in [-0.15, -0.1) is 0 Å². The summed E-state index contributed by atoms with van der Waals surface area (Å²) in [7, 11) is 0. The van der Waals surface area contributed by atoms with E-state index >= 15 is 0 Å². The normalized spacial score (nSPS) is 10.4. The second-order valence-corrected chi connectivity index (χ2v) is 4.52. The lowest BCUT2D eigenvalue weighted by Gasteiger charge is -1.96. The Bertz CT molecular complexity index is 124. The van der Waals surface area contributed by atoms with E-state index in [1.165, 1.54) is 70.6 Å².